The van der Waals surface area contributed by atoms with E-state index < -0.39 is 16.0 Å². The second kappa shape index (κ2) is 9.54. The monoisotopic (exact) mass is 516 g/mol. The van der Waals surface area contributed by atoms with Crippen LogP contribution < -0.4 is 10.1 Å². The lowest BCUT2D eigenvalue weighted by Gasteiger charge is -2.39. The normalized spacial score (nSPS) is 19.4. The van der Waals surface area contributed by atoms with Gasteiger partial charge in [0.1, 0.15) is 12.4 Å². The molecule has 35 heavy (non-hydrogen) atoms. The summed E-state index contributed by atoms with van der Waals surface area (Å²) in [5.41, 5.74) is 1.27. The summed E-state index contributed by atoms with van der Waals surface area (Å²) in [6.45, 7) is 1.00. The summed E-state index contributed by atoms with van der Waals surface area (Å²) in [5, 5.41) is 3.19. The third-order valence-corrected chi connectivity index (χ3v) is 8.20. The van der Waals surface area contributed by atoms with Crippen molar-refractivity contribution in [3.63, 3.8) is 0 Å². The number of carbonyl (C=O) groups is 1. The Labute approximate surface area is 207 Å². The Morgan fingerprint density at radius 3 is 2.77 bits per heavy atom. The van der Waals surface area contributed by atoms with Crippen LogP contribution in [0.4, 0.5) is 10.1 Å². The molecule has 3 heterocycles. The van der Waals surface area contributed by atoms with Crippen molar-refractivity contribution in [2.75, 3.05) is 38.1 Å². The Hall–Kier alpha value is -3.05. The van der Waals surface area contributed by atoms with Crippen LogP contribution >= 0.6 is 11.6 Å². The highest BCUT2D eigenvalue weighted by Crippen LogP contribution is 2.33. The molecule has 1 fully saturated rings. The molecule has 2 aliphatic heterocycles. The molecule has 11 heteroatoms. The minimum atomic E-state index is -3.75. The van der Waals surface area contributed by atoms with Gasteiger partial charge in [0, 0.05) is 36.4 Å². The van der Waals surface area contributed by atoms with Gasteiger partial charge in [-0.15, -0.1) is 0 Å². The first-order valence-electron chi connectivity index (χ1n) is 11.0. The number of pyridine rings is 1. The molecule has 0 bridgehead atoms. The number of piperazine rings is 1. The number of hydrogen-bond donors (Lipinski definition) is 1. The number of carbonyl (C=O) groups excluding carboxylic acids is 1. The van der Waals surface area contributed by atoms with E-state index in [0.29, 0.717) is 34.1 Å². The minimum Gasteiger partial charge on any atom is -0.490 e. The fourth-order valence-electron chi connectivity index (χ4n) is 4.31. The van der Waals surface area contributed by atoms with E-state index in [-0.39, 0.29) is 43.1 Å². The molecule has 0 spiro atoms. The van der Waals surface area contributed by atoms with E-state index in [4.69, 9.17) is 16.3 Å². The molecule has 1 saturated heterocycles. The summed E-state index contributed by atoms with van der Waals surface area (Å²) in [6, 6.07) is 14.1. The van der Waals surface area contributed by atoms with E-state index in [1.807, 2.05) is 4.90 Å². The van der Waals surface area contributed by atoms with Crippen LogP contribution in [-0.2, 0) is 14.8 Å². The molecule has 3 aromatic rings. The number of benzene rings is 2. The number of nitrogens with zero attached hydrogens (tertiary/aromatic N) is 3. The fraction of sp³-hybridized carbons (Fsp3) is 0.250. The summed E-state index contributed by atoms with van der Waals surface area (Å²) in [5.74, 6) is -0.458. The third-order valence-electron chi connectivity index (χ3n) is 6.10. The minimum absolute atomic E-state index is 0.0734. The van der Waals surface area contributed by atoms with Crippen molar-refractivity contribution in [2.24, 2.45) is 0 Å². The topological polar surface area (TPSA) is 91.8 Å². The zero-order valence-corrected chi connectivity index (χ0v) is 20.1. The Morgan fingerprint density at radius 1 is 1.11 bits per heavy atom. The summed E-state index contributed by atoms with van der Waals surface area (Å²) >= 11 is 6.00. The van der Waals surface area contributed by atoms with Crippen LogP contribution in [0.5, 0.6) is 5.75 Å². The fourth-order valence-corrected chi connectivity index (χ4v) is 6.08. The Kier molecular flexibility index (Phi) is 6.45. The lowest BCUT2D eigenvalue weighted by atomic mass is 10.1. The molecule has 182 valence electrons. The van der Waals surface area contributed by atoms with Gasteiger partial charge in [0.05, 0.1) is 23.2 Å². The standard InChI is InChI=1S/C24H22ClFN4O4S/c25-17-3-1-4-19(12-17)35(32,33)30-10-9-29-14-23(31)28-21-11-16(20-5-2-8-27-24(20)26)6-7-22(21)34-15-18(29)13-30/h1-8,11-12,18H,9-10,13-15H2,(H,28,31)/t18-/m1/s1. The van der Waals surface area contributed by atoms with E-state index in [0.717, 1.165) is 0 Å². The van der Waals surface area contributed by atoms with Crippen LogP contribution in [0.1, 0.15) is 0 Å². The van der Waals surface area contributed by atoms with Crippen molar-refractivity contribution < 1.29 is 22.3 Å². The predicted molar refractivity (Wildman–Crippen MR) is 129 cm³/mol. The highest BCUT2D eigenvalue weighted by molar-refractivity contribution is 7.89. The maximum atomic E-state index is 14.2. The number of fused-ring (bicyclic) bond motifs is 2. The largest absolute Gasteiger partial charge is 0.490 e. The molecule has 2 aliphatic rings. The van der Waals surface area contributed by atoms with Gasteiger partial charge in [-0.2, -0.15) is 8.70 Å². The average Bonchev–Trinajstić information content (AvgIpc) is 2.90. The summed E-state index contributed by atoms with van der Waals surface area (Å²) in [7, 11) is -3.75. The van der Waals surface area contributed by atoms with E-state index in [9.17, 15) is 17.6 Å². The lowest BCUT2D eigenvalue weighted by Crippen LogP contribution is -2.57. The Morgan fingerprint density at radius 2 is 1.97 bits per heavy atom. The number of ether oxygens (including phenoxy) is 1. The van der Waals surface area contributed by atoms with Gasteiger partial charge >= 0.3 is 0 Å². The van der Waals surface area contributed by atoms with Crippen molar-refractivity contribution in [1.82, 2.24) is 14.2 Å². The smallest absolute Gasteiger partial charge is 0.243 e. The molecule has 1 N–H and O–H groups in total. The summed E-state index contributed by atoms with van der Waals surface area (Å²) < 4.78 is 48.0. The van der Waals surface area contributed by atoms with Crippen molar-refractivity contribution in [2.45, 2.75) is 10.9 Å². The van der Waals surface area contributed by atoms with E-state index >= 15 is 0 Å². The molecule has 1 amide bonds. The molecule has 0 saturated carbocycles. The molecule has 1 atom stereocenters. The second-order valence-electron chi connectivity index (χ2n) is 8.36. The number of sulfonamides is 1. The van der Waals surface area contributed by atoms with Crippen molar-refractivity contribution in [3.8, 4) is 16.9 Å². The van der Waals surface area contributed by atoms with Crippen LogP contribution in [-0.4, -0.2) is 67.3 Å². The van der Waals surface area contributed by atoms with Crippen molar-refractivity contribution >= 4 is 33.2 Å². The first kappa shape index (κ1) is 23.7. The van der Waals surface area contributed by atoms with Crippen molar-refractivity contribution in [1.29, 1.82) is 0 Å². The van der Waals surface area contributed by atoms with Gasteiger partial charge in [0.2, 0.25) is 21.9 Å². The molecular formula is C24H22ClFN4O4S. The van der Waals surface area contributed by atoms with Gasteiger partial charge in [-0.1, -0.05) is 23.7 Å². The molecule has 0 radical (unpaired) electrons. The van der Waals surface area contributed by atoms with Gasteiger partial charge in [0.25, 0.3) is 0 Å². The highest BCUT2D eigenvalue weighted by Gasteiger charge is 2.36. The lowest BCUT2D eigenvalue weighted by molar-refractivity contribution is -0.118. The van der Waals surface area contributed by atoms with Gasteiger partial charge in [-0.05, 0) is 48.0 Å². The quantitative estimate of drug-likeness (QED) is 0.537. The Balaban J connectivity index is 1.39. The zero-order valence-electron chi connectivity index (χ0n) is 18.5. The molecule has 8 nitrogen and oxygen atoms in total. The maximum absolute atomic E-state index is 14.2. The molecular weight excluding hydrogens is 495 g/mol. The third kappa shape index (κ3) is 4.87. The number of amides is 1. The molecule has 1 aromatic heterocycles. The van der Waals surface area contributed by atoms with Gasteiger partial charge in [0.15, 0.2) is 0 Å². The first-order chi connectivity index (χ1) is 16.8. The van der Waals surface area contributed by atoms with Crippen LogP contribution in [0.25, 0.3) is 11.1 Å². The molecule has 0 unspecified atom stereocenters. The van der Waals surface area contributed by atoms with Crippen LogP contribution in [0.3, 0.4) is 0 Å². The van der Waals surface area contributed by atoms with E-state index in [2.05, 4.69) is 10.3 Å². The number of halogens is 2. The van der Waals surface area contributed by atoms with E-state index in [1.165, 1.54) is 22.6 Å². The molecule has 5 rings (SSSR count). The first-order valence-corrected chi connectivity index (χ1v) is 12.8. The highest BCUT2D eigenvalue weighted by atomic mass is 35.5. The van der Waals surface area contributed by atoms with Crippen LogP contribution in [0.15, 0.2) is 65.7 Å². The SMILES string of the molecule is O=C1CN2CCN(S(=O)(=O)c3cccc(Cl)c3)C[C@@H]2COc2ccc(-c3cccnc3F)cc2N1. The number of hydrogen-bond acceptors (Lipinski definition) is 6. The van der Waals surface area contributed by atoms with Crippen molar-refractivity contribution in [3.05, 3.63) is 71.8 Å². The molecule has 0 aliphatic carbocycles. The number of rotatable bonds is 3. The number of anilines is 1. The van der Waals surface area contributed by atoms with Gasteiger partial charge in [-0.3, -0.25) is 9.69 Å². The van der Waals surface area contributed by atoms with E-state index in [1.54, 1.807) is 42.5 Å². The number of nitrogens with one attached hydrogen (secondary N) is 1. The zero-order chi connectivity index (χ0) is 24.6. The predicted octanol–water partition coefficient (Wildman–Crippen LogP) is 3.25. The second-order valence-corrected chi connectivity index (χ2v) is 10.7. The van der Waals surface area contributed by atoms with Gasteiger partial charge in [-0.25, -0.2) is 13.4 Å². The van der Waals surface area contributed by atoms with Gasteiger partial charge < -0.3 is 10.1 Å². The number of aromatic nitrogens is 1. The Bertz CT molecular complexity index is 1390. The summed E-state index contributed by atoms with van der Waals surface area (Å²) in [4.78, 5) is 18.5. The average molecular weight is 517 g/mol. The maximum Gasteiger partial charge on any atom is 0.243 e. The van der Waals surface area contributed by atoms with Crippen LogP contribution in [0.2, 0.25) is 5.02 Å². The van der Waals surface area contributed by atoms with Crippen LogP contribution in [0, 0.1) is 5.95 Å². The summed E-state index contributed by atoms with van der Waals surface area (Å²) in [6.07, 6.45) is 1.37. The molecule has 2 aromatic carbocycles.